The third kappa shape index (κ3) is 4.62. The largest absolute Gasteiger partial charge is 0.465 e. The van der Waals surface area contributed by atoms with Gasteiger partial charge in [0.05, 0.1) is 40.9 Å². The van der Waals surface area contributed by atoms with Crippen molar-refractivity contribution in [1.29, 1.82) is 0 Å². The summed E-state index contributed by atoms with van der Waals surface area (Å²) < 4.78 is 4.81. The van der Waals surface area contributed by atoms with Crippen LogP contribution in [0.4, 0.5) is 22.7 Å². The molecule has 8 nitrogen and oxygen atoms in total. The molecule has 0 spiro atoms. The number of nitrogen functional groups attached to an aromatic ring is 1. The molecule has 0 unspecified atom stereocenters. The number of esters is 1. The van der Waals surface area contributed by atoms with E-state index in [4.69, 9.17) is 10.5 Å². The van der Waals surface area contributed by atoms with Crippen molar-refractivity contribution < 1.29 is 19.1 Å². The molecule has 6 rings (SSSR count). The molecule has 8 heteroatoms. The zero-order valence-corrected chi connectivity index (χ0v) is 22.7. The van der Waals surface area contributed by atoms with Crippen LogP contribution in [-0.4, -0.2) is 61.8 Å². The van der Waals surface area contributed by atoms with Crippen LogP contribution in [0.3, 0.4) is 0 Å². The summed E-state index contributed by atoms with van der Waals surface area (Å²) in [6, 6.07) is 16.3. The van der Waals surface area contributed by atoms with Gasteiger partial charge in [0.1, 0.15) is 0 Å². The van der Waals surface area contributed by atoms with Gasteiger partial charge in [-0.3, -0.25) is 14.5 Å². The van der Waals surface area contributed by atoms with E-state index < -0.39 is 5.97 Å². The Kier molecular flexibility index (Phi) is 7.02. The fraction of sp³-hybridized carbons (Fsp3) is 0.344. The Morgan fingerprint density at radius 1 is 0.875 bits per heavy atom. The minimum absolute atomic E-state index is 0.237. The quantitative estimate of drug-likeness (QED) is 0.269. The molecule has 0 radical (unpaired) electrons. The van der Waals surface area contributed by atoms with Crippen molar-refractivity contribution in [3.05, 3.63) is 82.4 Å². The first-order valence-electron chi connectivity index (χ1n) is 14.1. The normalized spacial score (nSPS) is 17.8. The average Bonchev–Trinajstić information content (AvgIpc) is 3.01. The first-order chi connectivity index (χ1) is 19.5. The third-order valence-corrected chi connectivity index (χ3v) is 8.55. The molecule has 1 saturated carbocycles. The number of piperazine rings is 1. The SMILES string of the molecule is COC(=O)c1ccc(Nc2cc(N3CCN(C4CCCCC4)CC3)c(N)c3c2C(=O)c2ccccc2C3=O)cc1. The van der Waals surface area contributed by atoms with Crippen molar-refractivity contribution in [2.75, 3.05) is 49.2 Å². The monoisotopic (exact) mass is 538 g/mol. The number of nitrogens with zero attached hydrogens (tertiary/aromatic N) is 2. The number of fused-ring (bicyclic) bond motifs is 2. The molecule has 40 heavy (non-hydrogen) atoms. The highest BCUT2D eigenvalue weighted by molar-refractivity contribution is 6.32. The van der Waals surface area contributed by atoms with Crippen LogP contribution in [0.15, 0.2) is 54.6 Å². The van der Waals surface area contributed by atoms with Gasteiger partial charge < -0.3 is 20.7 Å². The maximum Gasteiger partial charge on any atom is 0.337 e. The van der Waals surface area contributed by atoms with Crippen LogP contribution in [0.1, 0.15) is 74.3 Å². The van der Waals surface area contributed by atoms with Gasteiger partial charge in [0.15, 0.2) is 11.6 Å². The molecule has 0 bridgehead atoms. The lowest BCUT2D eigenvalue weighted by Gasteiger charge is -2.42. The zero-order valence-electron chi connectivity index (χ0n) is 22.7. The Bertz CT molecular complexity index is 1470. The van der Waals surface area contributed by atoms with Gasteiger partial charge in [-0.1, -0.05) is 43.5 Å². The Labute approximate surface area is 234 Å². The summed E-state index contributed by atoms with van der Waals surface area (Å²) in [6.45, 7) is 3.47. The first kappa shape index (κ1) is 26.1. The molecule has 3 aromatic rings. The van der Waals surface area contributed by atoms with E-state index in [1.165, 1.54) is 39.2 Å². The van der Waals surface area contributed by atoms with Gasteiger partial charge in [-0.15, -0.1) is 0 Å². The molecular formula is C32H34N4O4. The lowest BCUT2D eigenvalue weighted by Crippen LogP contribution is -2.51. The topological polar surface area (TPSA) is 105 Å². The smallest absolute Gasteiger partial charge is 0.337 e. The van der Waals surface area contributed by atoms with E-state index in [2.05, 4.69) is 15.1 Å². The number of nitrogens with one attached hydrogen (secondary N) is 1. The van der Waals surface area contributed by atoms with E-state index in [0.29, 0.717) is 39.8 Å². The van der Waals surface area contributed by atoms with Gasteiger partial charge in [0.2, 0.25) is 0 Å². The number of carbonyl (C=O) groups excluding carboxylic acids is 3. The number of nitrogens with two attached hydrogens (primary N) is 1. The van der Waals surface area contributed by atoms with Gasteiger partial charge >= 0.3 is 5.97 Å². The highest BCUT2D eigenvalue weighted by Crippen LogP contribution is 2.42. The summed E-state index contributed by atoms with van der Waals surface area (Å²) in [5.74, 6) is -0.905. The number of ether oxygens (including phenoxy) is 1. The van der Waals surface area contributed by atoms with Crippen molar-refractivity contribution in [2.24, 2.45) is 0 Å². The number of ketones is 2. The van der Waals surface area contributed by atoms with E-state index in [0.717, 1.165) is 31.9 Å². The van der Waals surface area contributed by atoms with Gasteiger partial charge in [-0.05, 0) is 43.2 Å². The Morgan fingerprint density at radius 3 is 2.12 bits per heavy atom. The third-order valence-electron chi connectivity index (χ3n) is 8.55. The summed E-state index contributed by atoms with van der Waals surface area (Å²) >= 11 is 0. The second-order valence-corrected chi connectivity index (χ2v) is 10.8. The second-order valence-electron chi connectivity index (χ2n) is 10.8. The Morgan fingerprint density at radius 2 is 1.50 bits per heavy atom. The maximum absolute atomic E-state index is 13.8. The molecule has 0 amide bonds. The number of rotatable bonds is 5. The molecule has 2 aliphatic carbocycles. The highest BCUT2D eigenvalue weighted by Gasteiger charge is 2.36. The van der Waals surface area contributed by atoms with E-state index >= 15 is 0 Å². The highest BCUT2D eigenvalue weighted by atomic mass is 16.5. The summed E-state index contributed by atoms with van der Waals surface area (Å²) in [7, 11) is 1.34. The molecule has 1 saturated heterocycles. The van der Waals surface area contributed by atoms with Crippen molar-refractivity contribution in [3.8, 4) is 0 Å². The fourth-order valence-corrected chi connectivity index (χ4v) is 6.40. The number of methoxy groups -OCH3 is 1. The van der Waals surface area contributed by atoms with Crippen molar-refractivity contribution in [1.82, 2.24) is 4.90 Å². The molecule has 206 valence electrons. The van der Waals surface area contributed by atoms with E-state index in [9.17, 15) is 14.4 Å². The molecule has 0 aromatic heterocycles. The standard InChI is InChI=1S/C32H34N4O4/c1-40-32(39)20-11-13-21(14-12-20)34-25-19-26(36-17-15-35(16-18-36)22-7-3-2-4-8-22)29(33)28-27(25)30(37)23-9-5-6-10-24(23)31(28)38/h5-6,9-14,19,22,34H,2-4,7-8,15-18,33H2,1H3. The Balaban J connectivity index is 1.37. The van der Waals surface area contributed by atoms with Gasteiger partial charge in [0, 0.05) is 49.0 Å². The van der Waals surface area contributed by atoms with Crippen LogP contribution in [0, 0.1) is 0 Å². The molecule has 3 aliphatic rings. The van der Waals surface area contributed by atoms with Gasteiger partial charge in [-0.25, -0.2) is 4.79 Å². The Hall–Kier alpha value is -4.17. The molecule has 3 aromatic carbocycles. The second kappa shape index (κ2) is 10.8. The number of benzene rings is 3. The summed E-state index contributed by atoms with van der Waals surface area (Å²) in [5.41, 5.74) is 10.7. The van der Waals surface area contributed by atoms with Crippen molar-refractivity contribution >= 4 is 40.3 Å². The van der Waals surface area contributed by atoms with Crippen LogP contribution in [0.25, 0.3) is 0 Å². The molecule has 3 N–H and O–H groups in total. The summed E-state index contributed by atoms with van der Waals surface area (Å²) in [5, 5.41) is 3.35. The van der Waals surface area contributed by atoms with Crippen LogP contribution < -0.4 is 16.0 Å². The number of hydrogen-bond donors (Lipinski definition) is 2. The number of anilines is 4. The molecule has 1 aliphatic heterocycles. The van der Waals surface area contributed by atoms with Crippen LogP contribution in [0.2, 0.25) is 0 Å². The molecule has 2 fully saturated rings. The molecule has 0 atom stereocenters. The molecule has 1 heterocycles. The minimum atomic E-state index is -0.427. The molecular weight excluding hydrogens is 504 g/mol. The average molecular weight is 539 g/mol. The zero-order chi connectivity index (χ0) is 27.8. The summed E-state index contributed by atoms with van der Waals surface area (Å²) in [4.78, 5) is 44.3. The maximum atomic E-state index is 13.8. The lowest BCUT2D eigenvalue weighted by atomic mass is 9.81. The lowest BCUT2D eigenvalue weighted by molar-refractivity contribution is 0.0600. The van der Waals surface area contributed by atoms with Crippen LogP contribution in [-0.2, 0) is 4.74 Å². The van der Waals surface area contributed by atoms with E-state index in [1.54, 1.807) is 48.5 Å². The van der Waals surface area contributed by atoms with Gasteiger partial charge in [0.25, 0.3) is 0 Å². The predicted octanol–water partition coefficient (Wildman–Crippen LogP) is 5.03. The van der Waals surface area contributed by atoms with Gasteiger partial charge in [-0.2, -0.15) is 0 Å². The van der Waals surface area contributed by atoms with Crippen molar-refractivity contribution in [2.45, 2.75) is 38.1 Å². The summed E-state index contributed by atoms with van der Waals surface area (Å²) in [6.07, 6.45) is 6.46. The number of hydrogen-bond acceptors (Lipinski definition) is 8. The first-order valence-corrected chi connectivity index (χ1v) is 14.1. The fourth-order valence-electron chi connectivity index (χ4n) is 6.40. The minimum Gasteiger partial charge on any atom is -0.465 e. The van der Waals surface area contributed by atoms with E-state index in [1.807, 2.05) is 6.07 Å². The van der Waals surface area contributed by atoms with Crippen molar-refractivity contribution in [3.63, 3.8) is 0 Å². The number of carbonyl (C=O) groups is 3. The van der Waals surface area contributed by atoms with E-state index in [-0.39, 0.29) is 22.7 Å². The van der Waals surface area contributed by atoms with Crippen LogP contribution >= 0.6 is 0 Å². The van der Waals surface area contributed by atoms with Crippen LogP contribution in [0.5, 0.6) is 0 Å². The predicted molar refractivity (Wildman–Crippen MR) is 156 cm³/mol.